The summed E-state index contributed by atoms with van der Waals surface area (Å²) >= 11 is 0. The van der Waals surface area contributed by atoms with E-state index in [0.717, 1.165) is 11.8 Å². The molecule has 0 aromatic rings. The van der Waals surface area contributed by atoms with Gasteiger partial charge in [0, 0.05) is 0 Å². The number of ether oxygens (including phenoxy) is 1. The average molecular weight is 212 g/mol. The van der Waals surface area contributed by atoms with Crippen LogP contribution in [0, 0.1) is 29.6 Å². The lowest BCUT2D eigenvalue weighted by atomic mass is 9.75. The van der Waals surface area contributed by atoms with Crippen molar-refractivity contribution in [2.75, 3.05) is 0 Å². The molecule has 0 aromatic heterocycles. The van der Waals surface area contributed by atoms with Crippen LogP contribution >= 0.6 is 0 Å². The zero-order valence-corrected chi connectivity index (χ0v) is 11.4. The summed E-state index contributed by atoms with van der Waals surface area (Å²) < 4.78 is 6.17. The van der Waals surface area contributed by atoms with E-state index in [9.17, 15) is 0 Å². The van der Waals surface area contributed by atoms with Gasteiger partial charge in [0.1, 0.15) is 0 Å². The average Bonchev–Trinajstić information content (AvgIpc) is 2.41. The summed E-state index contributed by atoms with van der Waals surface area (Å²) in [5, 5.41) is 0. The van der Waals surface area contributed by atoms with Crippen molar-refractivity contribution in [3.63, 3.8) is 0 Å². The molecule has 90 valence electrons. The SMILES string of the molecule is CC(C)C(C)C1OC(C)C(C)C1C(C)C. The highest BCUT2D eigenvalue weighted by molar-refractivity contribution is 4.90. The molecule has 1 heteroatoms. The predicted molar refractivity (Wildman–Crippen MR) is 65.8 cm³/mol. The van der Waals surface area contributed by atoms with Crippen LogP contribution in [0.4, 0.5) is 0 Å². The molecule has 1 fully saturated rings. The lowest BCUT2D eigenvalue weighted by Crippen LogP contribution is -2.32. The van der Waals surface area contributed by atoms with Gasteiger partial charge >= 0.3 is 0 Å². The van der Waals surface area contributed by atoms with E-state index in [1.54, 1.807) is 0 Å². The zero-order valence-electron chi connectivity index (χ0n) is 11.4. The molecule has 0 aromatic carbocycles. The van der Waals surface area contributed by atoms with E-state index in [2.05, 4.69) is 48.5 Å². The van der Waals surface area contributed by atoms with Crippen molar-refractivity contribution in [2.24, 2.45) is 29.6 Å². The predicted octanol–water partition coefficient (Wildman–Crippen LogP) is 3.97. The summed E-state index contributed by atoms with van der Waals surface area (Å²) in [6.45, 7) is 16.2. The minimum absolute atomic E-state index is 0.434. The van der Waals surface area contributed by atoms with E-state index in [0.29, 0.717) is 30.0 Å². The fourth-order valence-corrected chi connectivity index (χ4v) is 2.91. The van der Waals surface area contributed by atoms with Crippen molar-refractivity contribution in [3.8, 4) is 0 Å². The van der Waals surface area contributed by atoms with Gasteiger partial charge in [0.15, 0.2) is 0 Å². The number of hydrogen-bond acceptors (Lipinski definition) is 1. The van der Waals surface area contributed by atoms with Gasteiger partial charge < -0.3 is 4.74 Å². The molecule has 1 aliphatic heterocycles. The lowest BCUT2D eigenvalue weighted by molar-refractivity contribution is -0.0102. The van der Waals surface area contributed by atoms with Gasteiger partial charge in [-0.1, -0.05) is 41.5 Å². The summed E-state index contributed by atoms with van der Waals surface area (Å²) in [6.07, 6.45) is 0.901. The van der Waals surface area contributed by atoms with Crippen molar-refractivity contribution >= 4 is 0 Å². The fraction of sp³-hybridized carbons (Fsp3) is 1.00. The molecule has 0 aliphatic carbocycles. The van der Waals surface area contributed by atoms with Gasteiger partial charge in [-0.15, -0.1) is 0 Å². The molecule has 0 saturated carbocycles. The van der Waals surface area contributed by atoms with Crippen LogP contribution in [0.2, 0.25) is 0 Å². The van der Waals surface area contributed by atoms with Crippen LogP contribution in [-0.2, 0) is 4.74 Å². The van der Waals surface area contributed by atoms with E-state index < -0.39 is 0 Å². The third-order valence-electron chi connectivity index (χ3n) is 4.44. The van der Waals surface area contributed by atoms with Gasteiger partial charge in [0.25, 0.3) is 0 Å². The van der Waals surface area contributed by atoms with Gasteiger partial charge in [-0.2, -0.15) is 0 Å². The van der Waals surface area contributed by atoms with Crippen LogP contribution in [-0.4, -0.2) is 12.2 Å². The number of hydrogen-bond donors (Lipinski definition) is 0. The molecular formula is C14H28O. The van der Waals surface area contributed by atoms with E-state index in [-0.39, 0.29) is 0 Å². The highest BCUT2D eigenvalue weighted by Gasteiger charge is 2.43. The third-order valence-corrected chi connectivity index (χ3v) is 4.44. The molecule has 1 nitrogen and oxygen atoms in total. The molecule has 5 unspecified atom stereocenters. The van der Waals surface area contributed by atoms with Crippen molar-refractivity contribution < 1.29 is 4.74 Å². The Morgan fingerprint density at radius 1 is 0.933 bits per heavy atom. The van der Waals surface area contributed by atoms with Crippen LogP contribution in [0.5, 0.6) is 0 Å². The summed E-state index contributed by atoms with van der Waals surface area (Å²) in [5.41, 5.74) is 0. The quantitative estimate of drug-likeness (QED) is 0.687. The number of rotatable bonds is 3. The van der Waals surface area contributed by atoms with Crippen molar-refractivity contribution in [2.45, 2.75) is 60.7 Å². The van der Waals surface area contributed by atoms with E-state index in [4.69, 9.17) is 4.74 Å². The first kappa shape index (κ1) is 13.0. The van der Waals surface area contributed by atoms with Crippen LogP contribution in [0.3, 0.4) is 0 Å². The summed E-state index contributed by atoms with van der Waals surface area (Å²) in [5.74, 6) is 3.56. The van der Waals surface area contributed by atoms with Gasteiger partial charge in [-0.3, -0.25) is 0 Å². The Morgan fingerprint density at radius 3 is 1.87 bits per heavy atom. The molecule has 1 aliphatic rings. The molecule has 0 radical (unpaired) electrons. The maximum atomic E-state index is 6.17. The second-order valence-electron chi connectivity index (χ2n) is 6.09. The van der Waals surface area contributed by atoms with Crippen LogP contribution in [0.1, 0.15) is 48.5 Å². The van der Waals surface area contributed by atoms with Gasteiger partial charge in [-0.05, 0) is 36.5 Å². The molecule has 1 saturated heterocycles. The summed E-state index contributed by atoms with van der Waals surface area (Å²) in [4.78, 5) is 0. The molecule has 0 amide bonds. The Morgan fingerprint density at radius 2 is 1.47 bits per heavy atom. The van der Waals surface area contributed by atoms with Gasteiger partial charge in [0.05, 0.1) is 12.2 Å². The standard InChI is InChI=1S/C14H28O/c1-8(2)10(5)14-13(9(3)4)11(6)12(7)15-14/h8-14H,1-7H3. The second kappa shape index (κ2) is 4.86. The molecular weight excluding hydrogens is 184 g/mol. The first-order valence-corrected chi connectivity index (χ1v) is 6.51. The van der Waals surface area contributed by atoms with E-state index in [1.807, 2.05) is 0 Å². The van der Waals surface area contributed by atoms with Crippen LogP contribution in [0.15, 0.2) is 0 Å². The minimum atomic E-state index is 0.434. The third kappa shape index (κ3) is 2.55. The molecule has 0 bridgehead atoms. The molecule has 1 heterocycles. The van der Waals surface area contributed by atoms with Crippen molar-refractivity contribution in [1.82, 2.24) is 0 Å². The molecule has 15 heavy (non-hydrogen) atoms. The Labute approximate surface area is 95.6 Å². The van der Waals surface area contributed by atoms with Crippen LogP contribution < -0.4 is 0 Å². The summed E-state index contributed by atoms with van der Waals surface area (Å²) in [7, 11) is 0. The monoisotopic (exact) mass is 212 g/mol. The lowest BCUT2D eigenvalue weighted by Gasteiger charge is -2.31. The topological polar surface area (TPSA) is 9.23 Å². The van der Waals surface area contributed by atoms with Crippen molar-refractivity contribution in [1.29, 1.82) is 0 Å². The molecule has 0 spiro atoms. The normalized spacial score (nSPS) is 39.0. The largest absolute Gasteiger partial charge is 0.374 e. The summed E-state index contributed by atoms with van der Waals surface area (Å²) in [6, 6.07) is 0. The first-order valence-electron chi connectivity index (χ1n) is 6.51. The fourth-order valence-electron chi connectivity index (χ4n) is 2.91. The molecule has 1 rings (SSSR count). The molecule has 5 atom stereocenters. The second-order valence-corrected chi connectivity index (χ2v) is 6.09. The maximum absolute atomic E-state index is 6.17. The van der Waals surface area contributed by atoms with E-state index in [1.165, 1.54) is 0 Å². The Hall–Kier alpha value is -0.0400. The van der Waals surface area contributed by atoms with Gasteiger partial charge in [-0.25, -0.2) is 0 Å². The Balaban J connectivity index is 2.79. The molecule has 0 N–H and O–H groups in total. The maximum Gasteiger partial charge on any atom is 0.0640 e. The highest BCUT2D eigenvalue weighted by Crippen LogP contribution is 2.41. The van der Waals surface area contributed by atoms with Crippen LogP contribution in [0.25, 0.3) is 0 Å². The first-order chi connectivity index (χ1) is 6.86. The zero-order chi connectivity index (χ0) is 11.7. The Bertz CT molecular complexity index is 198. The van der Waals surface area contributed by atoms with E-state index >= 15 is 0 Å². The minimum Gasteiger partial charge on any atom is -0.374 e. The Kier molecular flexibility index (Phi) is 4.22. The van der Waals surface area contributed by atoms with Gasteiger partial charge in [0.2, 0.25) is 0 Å². The highest BCUT2D eigenvalue weighted by atomic mass is 16.5. The smallest absolute Gasteiger partial charge is 0.0640 e. The van der Waals surface area contributed by atoms with Crippen molar-refractivity contribution in [3.05, 3.63) is 0 Å².